The summed E-state index contributed by atoms with van der Waals surface area (Å²) in [6.07, 6.45) is 2.98. The molecule has 0 aromatic heterocycles. The summed E-state index contributed by atoms with van der Waals surface area (Å²) >= 11 is 0. The van der Waals surface area contributed by atoms with Crippen LogP contribution in [0, 0.1) is 0 Å². The first-order valence-electron chi connectivity index (χ1n) is 3.34. The Kier molecular flexibility index (Phi) is 1.86. The molecule has 1 aliphatic rings. The van der Waals surface area contributed by atoms with Crippen LogP contribution in [-0.2, 0) is 0 Å². The first kappa shape index (κ1) is 6.05. The average Bonchev–Trinajstić information content (AvgIpc) is 2.42. The standard InChI is InChI=1S/C6H14N2/c1-2-3-4-8-5-6(8)7/h6H,2-5,7H2,1H3. The molecule has 0 saturated carbocycles. The van der Waals surface area contributed by atoms with Crippen molar-refractivity contribution in [3.05, 3.63) is 0 Å². The van der Waals surface area contributed by atoms with Gasteiger partial charge in [0.25, 0.3) is 0 Å². The number of rotatable bonds is 3. The van der Waals surface area contributed by atoms with Crippen LogP contribution in [0.4, 0.5) is 0 Å². The zero-order valence-corrected chi connectivity index (χ0v) is 5.43. The van der Waals surface area contributed by atoms with Crippen LogP contribution in [0.1, 0.15) is 19.8 Å². The van der Waals surface area contributed by atoms with Gasteiger partial charge in [0.2, 0.25) is 0 Å². The van der Waals surface area contributed by atoms with E-state index in [0.717, 1.165) is 6.54 Å². The Bertz CT molecular complexity index is 72.9. The minimum atomic E-state index is 0.404. The van der Waals surface area contributed by atoms with Crippen molar-refractivity contribution in [2.45, 2.75) is 25.9 Å². The van der Waals surface area contributed by atoms with Crippen molar-refractivity contribution in [2.75, 3.05) is 13.1 Å². The molecule has 0 aromatic rings. The average molecular weight is 114 g/mol. The van der Waals surface area contributed by atoms with Crippen molar-refractivity contribution in [1.82, 2.24) is 4.90 Å². The van der Waals surface area contributed by atoms with E-state index in [1.807, 2.05) is 0 Å². The molecule has 0 spiro atoms. The number of nitrogens with two attached hydrogens (primary N) is 1. The van der Waals surface area contributed by atoms with Gasteiger partial charge in [0.15, 0.2) is 0 Å². The Morgan fingerprint density at radius 3 is 2.75 bits per heavy atom. The zero-order valence-electron chi connectivity index (χ0n) is 5.43. The van der Waals surface area contributed by atoms with Crippen LogP contribution >= 0.6 is 0 Å². The van der Waals surface area contributed by atoms with Crippen LogP contribution in [0.5, 0.6) is 0 Å². The van der Waals surface area contributed by atoms with Gasteiger partial charge < -0.3 is 5.73 Å². The lowest BCUT2D eigenvalue weighted by Gasteiger charge is -1.96. The molecule has 2 atom stereocenters. The van der Waals surface area contributed by atoms with Crippen molar-refractivity contribution in [3.63, 3.8) is 0 Å². The van der Waals surface area contributed by atoms with E-state index in [-0.39, 0.29) is 0 Å². The molecule has 0 radical (unpaired) electrons. The highest BCUT2D eigenvalue weighted by Gasteiger charge is 2.27. The predicted octanol–water partition coefficient (Wildman–Crippen LogP) is 0.387. The Balaban J connectivity index is 1.89. The van der Waals surface area contributed by atoms with Crippen molar-refractivity contribution >= 4 is 0 Å². The first-order valence-corrected chi connectivity index (χ1v) is 3.34. The second-order valence-electron chi connectivity index (χ2n) is 2.42. The highest BCUT2D eigenvalue weighted by Crippen LogP contribution is 2.10. The lowest BCUT2D eigenvalue weighted by molar-refractivity contribution is 0.490. The van der Waals surface area contributed by atoms with Gasteiger partial charge in [-0.25, -0.2) is 0 Å². The van der Waals surface area contributed by atoms with Crippen LogP contribution in [-0.4, -0.2) is 24.2 Å². The molecule has 0 aliphatic carbocycles. The number of hydrogen-bond acceptors (Lipinski definition) is 2. The smallest absolute Gasteiger partial charge is 0.0704 e. The topological polar surface area (TPSA) is 29.0 Å². The Labute approximate surface area is 50.7 Å². The molecule has 1 saturated heterocycles. The second kappa shape index (κ2) is 2.46. The molecular formula is C6H14N2. The third kappa shape index (κ3) is 1.46. The van der Waals surface area contributed by atoms with Crippen LogP contribution in [0.3, 0.4) is 0 Å². The van der Waals surface area contributed by atoms with Gasteiger partial charge in [-0.15, -0.1) is 0 Å². The minimum absolute atomic E-state index is 0.404. The third-order valence-corrected chi connectivity index (χ3v) is 1.56. The molecule has 1 fully saturated rings. The summed E-state index contributed by atoms with van der Waals surface area (Å²) in [7, 11) is 0. The number of nitrogens with zero attached hydrogens (tertiary/aromatic N) is 1. The zero-order chi connectivity index (χ0) is 5.98. The molecular weight excluding hydrogens is 100 g/mol. The SMILES string of the molecule is CCCCN1CC1N. The Hall–Kier alpha value is -0.0800. The van der Waals surface area contributed by atoms with Crippen molar-refractivity contribution in [1.29, 1.82) is 0 Å². The Morgan fingerprint density at radius 1 is 1.75 bits per heavy atom. The molecule has 2 unspecified atom stereocenters. The molecule has 1 heterocycles. The van der Waals surface area contributed by atoms with E-state index >= 15 is 0 Å². The number of unbranched alkanes of at least 4 members (excludes halogenated alkanes) is 1. The fourth-order valence-electron chi connectivity index (χ4n) is 0.811. The molecule has 0 aromatic carbocycles. The van der Waals surface area contributed by atoms with Gasteiger partial charge in [0.1, 0.15) is 0 Å². The largest absolute Gasteiger partial charge is 0.315 e. The fraction of sp³-hybridized carbons (Fsp3) is 1.00. The van der Waals surface area contributed by atoms with Gasteiger partial charge in [0.05, 0.1) is 6.17 Å². The molecule has 48 valence electrons. The fourth-order valence-corrected chi connectivity index (χ4v) is 0.811. The maximum atomic E-state index is 5.53. The summed E-state index contributed by atoms with van der Waals surface area (Å²) in [6, 6.07) is 0. The molecule has 0 bridgehead atoms. The van der Waals surface area contributed by atoms with Gasteiger partial charge in [-0.2, -0.15) is 0 Å². The third-order valence-electron chi connectivity index (χ3n) is 1.56. The van der Waals surface area contributed by atoms with Crippen molar-refractivity contribution < 1.29 is 0 Å². The lowest BCUT2D eigenvalue weighted by Crippen LogP contribution is -2.10. The summed E-state index contributed by atoms with van der Waals surface area (Å²) < 4.78 is 0. The summed E-state index contributed by atoms with van der Waals surface area (Å²) in [4.78, 5) is 2.28. The molecule has 1 aliphatic heterocycles. The summed E-state index contributed by atoms with van der Waals surface area (Å²) in [5, 5.41) is 0. The lowest BCUT2D eigenvalue weighted by atomic mass is 10.3. The quantitative estimate of drug-likeness (QED) is 0.538. The summed E-state index contributed by atoms with van der Waals surface area (Å²) in [5.41, 5.74) is 5.53. The molecule has 2 heteroatoms. The summed E-state index contributed by atoms with van der Waals surface area (Å²) in [5.74, 6) is 0. The normalized spacial score (nSPS) is 35.2. The molecule has 1 rings (SSSR count). The van der Waals surface area contributed by atoms with Gasteiger partial charge >= 0.3 is 0 Å². The van der Waals surface area contributed by atoms with E-state index in [9.17, 15) is 0 Å². The Morgan fingerprint density at radius 2 is 2.38 bits per heavy atom. The van der Waals surface area contributed by atoms with Gasteiger partial charge in [0, 0.05) is 6.54 Å². The summed E-state index contributed by atoms with van der Waals surface area (Å²) in [6.45, 7) is 4.53. The predicted molar refractivity (Wildman–Crippen MR) is 34.5 cm³/mol. The van der Waals surface area contributed by atoms with Crippen molar-refractivity contribution in [3.8, 4) is 0 Å². The van der Waals surface area contributed by atoms with Gasteiger partial charge in [-0.05, 0) is 13.0 Å². The van der Waals surface area contributed by atoms with E-state index in [1.54, 1.807) is 0 Å². The van der Waals surface area contributed by atoms with E-state index in [4.69, 9.17) is 5.73 Å². The van der Waals surface area contributed by atoms with Gasteiger partial charge in [-0.1, -0.05) is 13.3 Å². The maximum absolute atomic E-state index is 5.53. The molecule has 2 nitrogen and oxygen atoms in total. The van der Waals surface area contributed by atoms with Gasteiger partial charge in [-0.3, -0.25) is 4.90 Å². The van der Waals surface area contributed by atoms with Crippen LogP contribution in [0.2, 0.25) is 0 Å². The first-order chi connectivity index (χ1) is 3.84. The van der Waals surface area contributed by atoms with Crippen LogP contribution in [0.15, 0.2) is 0 Å². The second-order valence-corrected chi connectivity index (χ2v) is 2.42. The molecule has 2 N–H and O–H groups in total. The number of hydrogen-bond donors (Lipinski definition) is 1. The van der Waals surface area contributed by atoms with Crippen molar-refractivity contribution in [2.24, 2.45) is 5.73 Å². The maximum Gasteiger partial charge on any atom is 0.0704 e. The van der Waals surface area contributed by atoms with E-state index < -0.39 is 0 Å². The van der Waals surface area contributed by atoms with E-state index in [1.165, 1.54) is 19.4 Å². The van der Waals surface area contributed by atoms with E-state index in [0.29, 0.717) is 6.17 Å². The highest BCUT2D eigenvalue weighted by molar-refractivity contribution is 4.82. The monoisotopic (exact) mass is 114 g/mol. The van der Waals surface area contributed by atoms with E-state index in [2.05, 4.69) is 11.8 Å². The molecule has 8 heavy (non-hydrogen) atoms. The molecule has 0 amide bonds. The highest BCUT2D eigenvalue weighted by atomic mass is 15.4. The minimum Gasteiger partial charge on any atom is -0.315 e. The van der Waals surface area contributed by atoms with Crippen LogP contribution in [0.25, 0.3) is 0 Å². The van der Waals surface area contributed by atoms with Crippen LogP contribution < -0.4 is 5.73 Å².